The van der Waals surface area contributed by atoms with E-state index < -0.39 is 5.97 Å². The van der Waals surface area contributed by atoms with Crippen molar-refractivity contribution in [3.8, 4) is 11.5 Å². The standard InChI is InChI=1S/C23H27N5O5S/c1-4-32-22(30)17-13-34-21-19(17)20(25-23(24)26-21)27-9-10-28(14(2)11-27)18(29)12-33-16-7-5-15(31-3)6-8-16/h5-8,13-14H,4,9-12H2,1-3H3,(H2,24,25,26). The van der Waals surface area contributed by atoms with Gasteiger partial charge < -0.3 is 29.7 Å². The lowest BCUT2D eigenvalue weighted by atomic mass is 10.1. The van der Waals surface area contributed by atoms with E-state index in [9.17, 15) is 9.59 Å². The van der Waals surface area contributed by atoms with Gasteiger partial charge in [-0.3, -0.25) is 4.79 Å². The number of thiophene rings is 1. The van der Waals surface area contributed by atoms with Crippen LogP contribution < -0.4 is 20.1 Å². The minimum absolute atomic E-state index is 0.0566. The summed E-state index contributed by atoms with van der Waals surface area (Å²) in [5, 5.41) is 2.35. The highest BCUT2D eigenvalue weighted by Crippen LogP contribution is 2.34. The molecule has 0 bridgehead atoms. The van der Waals surface area contributed by atoms with E-state index in [-0.39, 0.29) is 31.1 Å². The molecular formula is C23H27N5O5S. The van der Waals surface area contributed by atoms with Crippen molar-refractivity contribution in [1.82, 2.24) is 14.9 Å². The number of hydrogen-bond donors (Lipinski definition) is 1. The summed E-state index contributed by atoms with van der Waals surface area (Å²) in [6.45, 7) is 5.49. The van der Waals surface area contributed by atoms with Crippen LogP contribution >= 0.6 is 11.3 Å². The van der Waals surface area contributed by atoms with Gasteiger partial charge in [-0.25, -0.2) is 9.78 Å². The molecule has 1 fully saturated rings. The van der Waals surface area contributed by atoms with Crippen LogP contribution in [-0.4, -0.2) is 72.7 Å². The number of carbonyl (C=O) groups is 2. The molecule has 0 saturated carbocycles. The third-order valence-corrected chi connectivity index (χ3v) is 6.47. The van der Waals surface area contributed by atoms with Gasteiger partial charge in [0.2, 0.25) is 5.95 Å². The molecule has 1 aromatic carbocycles. The van der Waals surface area contributed by atoms with Gasteiger partial charge in [0.15, 0.2) is 6.61 Å². The summed E-state index contributed by atoms with van der Waals surface area (Å²) in [5.74, 6) is 1.53. The zero-order valence-corrected chi connectivity index (χ0v) is 20.1. The van der Waals surface area contributed by atoms with Crippen LogP contribution in [0.1, 0.15) is 24.2 Å². The first kappa shape index (κ1) is 23.6. The summed E-state index contributed by atoms with van der Waals surface area (Å²) in [6.07, 6.45) is 0. The fourth-order valence-electron chi connectivity index (χ4n) is 3.95. The topological polar surface area (TPSA) is 120 Å². The number of rotatable bonds is 7. The van der Waals surface area contributed by atoms with Crippen LogP contribution in [0, 0.1) is 0 Å². The largest absolute Gasteiger partial charge is 0.497 e. The van der Waals surface area contributed by atoms with E-state index in [2.05, 4.69) is 9.97 Å². The Kier molecular flexibility index (Phi) is 7.01. The quantitative estimate of drug-likeness (QED) is 0.503. The molecule has 10 nitrogen and oxygen atoms in total. The molecule has 3 aromatic rings. The van der Waals surface area contributed by atoms with Crippen molar-refractivity contribution >= 4 is 45.2 Å². The molecule has 1 saturated heterocycles. The average Bonchev–Trinajstić information content (AvgIpc) is 3.26. The van der Waals surface area contributed by atoms with Gasteiger partial charge in [0, 0.05) is 31.1 Å². The van der Waals surface area contributed by atoms with E-state index in [1.54, 1.807) is 48.6 Å². The first-order valence-corrected chi connectivity index (χ1v) is 11.8. The smallest absolute Gasteiger partial charge is 0.339 e. The number of carbonyl (C=O) groups excluding carboxylic acids is 2. The third-order valence-electron chi connectivity index (χ3n) is 5.60. The highest BCUT2D eigenvalue weighted by Gasteiger charge is 2.31. The Balaban J connectivity index is 1.47. The highest BCUT2D eigenvalue weighted by molar-refractivity contribution is 7.17. The molecule has 0 radical (unpaired) electrons. The van der Waals surface area contributed by atoms with Crippen molar-refractivity contribution in [2.45, 2.75) is 19.9 Å². The van der Waals surface area contributed by atoms with Gasteiger partial charge in [-0.1, -0.05) is 0 Å². The van der Waals surface area contributed by atoms with Crippen LogP contribution in [0.2, 0.25) is 0 Å². The molecule has 0 aliphatic carbocycles. The molecule has 1 aliphatic heterocycles. The van der Waals surface area contributed by atoms with Crippen molar-refractivity contribution in [1.29, 1.82) is 0 Å². The number of anilines is 2. The van der Waals surface area contributed by atoms with Gasteiger partial charge >= 0.3 is 5.97 Å². The normalized spacial score (nSPS) is 15.9. The fraction of sp³-hybridized carbons (Fsp3) is 0.391. The Bertz CT molecular complexity index is 1180. The molecule has 180 valence electrons. The zero-order valence-electron chi connectivity index (χ0n) is 19.3. The molecule has 1 unspecified atom stereocenters. The molecule has 2 N–H and O–H groups in total. The number of aromatic nitrogens is 2. The Morgan fingerprint density at radius 1 is 1.18 bits per heavy atom. The number of piperazine rings is 1. The molecule has 11 heteroatoms. The average molecular weight is 486 g/mol. The number of fused-ring (bicyclic) bond motifs is 1. The summed E-state index contributed by atoms with van der Waals surface area (Å²) >= 11 is 1.33. The minimum Gasteiger partial charge on any atom is -0.497 e. The molecule has 2 aromatic heterocycles. The molecule has 3 heterocycles. The summed E-state index contributed by atoms with van der Waals surface area (Å²) < 4.78 is 16.0. The zero-order chi connectivity index (χ0) is 24.2. The maximum Gasteiger partial charge on any atom is 0.339 e. The summed E-state index contributed by atoms with van der Waals surface area (Å²) in [4.78, 5) is 38.5. The number of hydrogen-bond acceptors (Lipinski definition) is 10. The second kappa shape index (κ2) is 10.1. The predicted molar refractivity (Wildman–Crippen MR) is 130 cm³/mol. The van der Waals surface area contributed by atoms with Crippen LogP contribution in [-0.2, 0) is 9.53 Å². The Hall–Kier alpha value is -3.60. The first-order valence-electron chi connectivity index (χ1n) is 10.9. The van der Waals surface area contributed by atoms with Gasteiger partial charge in [0.05, 0.1) is 24.7 Å². The summed E-state index contributed by atoms with van der Waals surface area (Å²) in [7, 11) is 1.59. The second-order valence-electron chi connectivity index (χ2n) is 7.80. The minimum atomic E-state index is -0.416. The van der Waals surface area contributed by atoms with Crippen molar-refractivity contribution in [2.75, 3.05) is 50.6 Å². The van der Waals surface area contributed by atoms with Crippen molar-refractivity contribution in [3.63, 3.8) is 0 Å². The Morgan fingerprint density at radius 2 is 1.91 bits per heavy atom. The van der Waals surface area contributed by atoms with E-state index in [1.807, 2.05) is 11.8 Å². The maximum atomic E-state index is 12.8. The van der Waals surface area contributed by atoms with Crippen molar-refractivity contribution in [3.05, 3.63) is 35.2 Å². The first-order chi connectivity index (χ1) is 16.4. The molecular weight excluding hydrogens is 458 g/mol. The van der Waals surface area contributed by atoms with Crippen molar-refractivity contribution in [2.24, 2.45) is 0 Å². The van der Waals surface area contributed by atoms with Gasteiger partial charge in [0.25, 0.3) is 5.91 Å². The fourth-order valence-corrected chi connectivity index (χ4v) is 4.86. The molecule has 0 spiro atoms. The number of amides is 1. The van der Waals surface area contributed by atoms with E-state index >= 15 is 0 Å². The molecule has 1 aliphatic rings. The van der Waals surface area contributed by atoms with Crippen LogP contribution in [0.3, 0.4) is 0 Å². The number of ether oxygens (including phenoxy) is 3. The molecule has 1 atom stereocenters. The van der Waals surface area contributed by atoms with Crippen molar-refractivity contribution < 1.29 is 23.8 Å². The molecule has 34 heavy (non-hydrogen) atoms. The maximum absolute atomic E-state index is 12.8. The van der Waals surface area contributed by atoms with E-state index in [1.165, 1.54) is 11.3 Å². The number of nitrogen functional groups attached to an aromatic ring is 1. The van der Waals surface area contributed by atoms with Gasteiger partial charge in [-0.05, 0) is 38.1 Å². The van der Waals surface area contributed by atoms with E-state index in [4.69, 9.17) is 19.9 Å². The Morgan fingerprint density at radius 3 is 2.59 bits per heavy atom. The number of esters is 1. The lowest BCUT2D eigenvalue weighted by Crippen LogP contribution is -2.55. The van der Waals surface area contributed by atoms with Gasteiger partial charge in [-0.15, -0.1) is 11.3 Å². The monoisotopic (exact) mass is 485 g/mol. The second-order valence-corrected chi connectivity index (χ2v) is 8.66. The highest BCUT2D eigenvalue weighted by atomic mass is 32.1. The van der Waals surface area contributed by atoms with Crippen LogP contribution in [0.25, 0.3) is 10.2 Å². The van der Waals surface area contributed by atoms with Gasteiger partial charge in [-0.2, -0.15) is 4.98 Å². The number of methoxy groups -OCH3 is 1. The number of benzene rings is 1. The van der Waals surface area contributed by atoms with Crippen LogP contribution in [0.5, 0.6) is 11.5 Å². The van der Waals surface area contributed by atoms with Crippen LogP contribution in [0.15, 0.2) is 29.6 Å². The van der Waals surface area contributed by atoms with E-state index in [0.29, 0.717) is 47.0 Å². The molecule has 1 amide bonds. The Labute approximate surface area is 201 Å². The lowest BCUT2D eigenvalue weighted by molar-refractivity contribution is -0.135. The van der Waals surface area contributed by atoms with Gasteiger partial charge in [0.1, 0.15) is 22.1 Å². The number of nitrogens with zero attached hydrogens (tertiary/aromatic N) is 4. The van der Waals surface area contributed by atoms with E-state index in [0.717, 1.165) is 5.75 Å². The summed E-state index contributed by atoms with van der Waals surface area (Å²) in [6, 6.07) is 6.99. The lowest BCUT2D eigenvalue weighted by Gasteiger charge is -2.40. The predicted octanol–water partition coefficient (Wildman–Crippen LogP) is 2.57. The number of nitrogens with two attached hydrogens (primary N) is 1. The van der Waals surface area contributed by atoms with Crippen LogP contribution in [0.4, 0.5) is 11.8 Å². The third kappa shape index (κ3) is 4.84. The SMILES string of the molecule is CCOC(=O)c1csc2nc(N)nc(N3CCN(C(=O)COc4ccc(OC)cc4)C(C)C3)c12. The summed E-state index contributed by atoms with van der Waals surface area (Å²) in [5.41, 5.74) is 6.38. The molecule has 4 rings (SSSR count).